The quantitative estimate of drug-likeness (QED) is 0.907. The fourth-order valence-electron chi connectivity index (χ4n) is 2.18. The van der Waals surface area contributed by atoms with Crippen LogP contribution >= 0.6 is 0 Å². The van der Waals surface area contributed by atoms with E-state index in [1.165, 1.54) is 0 Å². The lowest BCUT2D eigenvalue weighted by Crippen LogP contribution is -2.24. The van der Waals surface area contributed by atoms with Gasteiger partial charge in [0, 0.05) is 16.9 Å². The van der Waals surface area contributed by atoms with Crippen molar-refractivity contribution in [2.45, 2.75) is 34.1 Å². The smallest absolute Gasteiger partial charge is 0.254 e. The van der Waals surface area contributed by atoms with Crippen LogP contribution in [0.3, 0.4) is 0 Å². The minimum Gasteiger partial charge on any atom is -0.326 e. The van der Waals surface area contributed by atoms with Crippen LogP contribution in [-0.2, 0) is 11.2 Å². The van der Waals surface area contributed by atoms with Crippen LogP contribution in [0.5, 0.6) is 0 Å². The van der Waals surface area contributed by atoms with E-state index in [1.807, 2.05) is 32.0 Å². The summed E-state index contributed by atoms with van der Waals surface area (Å²) in [6, 6.07) is 5.86. The number of carbonyl (C=O) groups excluding carboxylic acids is 1. The van der Waals surface area contributed by atoms with Crippen LogP contribution in [0.15, 0.2) is 23.0 Å². The third-order valence-electron chi connectivity index (χ3n) is 3.35. The lowest BCUT2D eigenvalue weighted by Gasteiger charge is -2.10. The second-order valence-corrected chi connectivity index (χ2v) is 5.26. The zero-order valence-electron chi connectivity index (χ0n) is 12.7. The molecule has 2 N–H and O–H groups in total. The van der Waals surface area contributed by atoms with Crippen LogP contribution in [0.2, 0.25) is 0 Å². The summed E-state index contributed by atoms with van der Waals surface area (Å²) in [7, 11) is 0. The van der Waals surface area contributed by atoms with E-state index in [0.717, 1.165) is 16.8 Å². The molecule has 1 aromatic heterocycles. The Hall–Kier alpha value is -2.43. The number of nitrogens with one attached hydrogen (secondary N) is 2. The number of aromatic amines is 1. The molecule has 1 aromatic carbocycles. The van der Waals surface area contributed by atoms with Gasteiger partial charge in [-0.05, 0) is 44.9 Å². The second kappa shape index (κ2) is 5.91. The van der Waals surface area contributed by atoms with Crippen LogP contribution in [0.25, 0.3) is 0 Å². The fraction of sp³-hybridized carbons (Fsp3) is 0.312. The van der Waals surface area contributed by atoms with Gasteiger partial charge in [0.25, 0.3) is 5.56 Å². The van der Waals surface area contributed by atoms with E-state index in [9.17, 15) is 9.59 Å². The van der Waals surface area contributed by atoms with Crippen LogP contribution in [0.1, 0.15) is 28.2 Å². The number of aryl methyl sites for hydroxylation is 4. The largest absolute Gasteiger partial charge is 0.326 e. The molecule has 110 valence electrons. The molecule has 0 aliphatic rings. The molecule has 0 fully saturated rings. The van der Waals surface area contributed by atoms with Gasteiger partial charge in [0.15, 0.2) is 0 Å². The maximum absolute atomic E-state index is 12.1. The molecule has 2 aromatic rings. The predicted octanol–water partition coefficient (Wildman–Crippen LogP) is 2.18. The first-order chi connectivity index (χ1) is 9.86. The molecule has 0 radical (unpaired) electrons. The molecule has 21 heavy (non-hydrogen) atoms. The molecule has 1 amide bonds. The van der Waals surface area contributed by atoms with Crippen LogP contribution < -0.4 is 10.9 Å². The summed E-state index contributed by atoms with van der Waals surface area (Å²) in [5, 5.41) is 2.85. The van der Waals surface area contributed by atoms with Crippen molar-refractivity contribution in [1.29, 1.82) is 0 Å². The Bertz CT molecular complexity index is 748. The van der Waals surface area contributed by atoms with Gasteiger partial charge in [0.2, 0.25) is 5.91 Å². The van der Waals surface area contributed by atoms with Gasteiger partial charge in [0.05, 0.1) is 6.42 Å². The van der Waals surface area contributed by atoms with Gasteiger partial charge >= 0.3 is 0 Å². The van der Waals surface area contributed by atoms with Gasteiger partial charge in [-0.2, -0.15) is 0 Å². The first-order valence-electron chi connectivity index (χ1n) is 6.80. The number of anilines is 1. The Balaban J connectivity index is 2.20. The molecule has 1 heterocycles. The van der Waals surface area contributed by atoms with E-state index >= 15 is 0 Å². The molecule has 0 aliphatic heterocycles. The average molecular weight is 285 g/mol. The first kappa shape index (κ1) is 15.0. The summed E-state index contributed by atoms with van der Waals surface area (Å²) >= 11 is 0. The number of nitrogens with zero attached hydrogens (tertiary/aromatic N) is 1. The molecule has 2 rings (SSSR count). The molecule has 0 spiro atoms. The van der Waals surface area contributed by atoms with Crippen molar-refractivity contribution in [2.24, 2.45) is 0 Å². The normalized spacial score (nSPS) is 10.5. The molecule has 0 bridgehead atoms. The third-order valence-corrected chi connectivity index (χ3v) is 3.35. The lowest BCUT2D eigenvalue weighted by molar-refractivity contribution is -0.115. The standard InChI is InChI=1S/C16H19N3O2/c1-9-5-6-10(2)14(7-9)19-15(20)8-13-11(3)17-12(4)18-16(13)21/h5-7H,8H2,1-4H3,(H,19,20)(H,17,18,21). The number of hydrogen-bond donors (Lipinski definition) is 2. The van der Waals surface area contributed by atoms with Crippen molar-refractivity contribution in [3.8, 4) is 0 Å². The highest BCUT2D eigenvalue weighted by molar-refractivity contribution is 5.93. The zero-order valence-corrected chi connectivity index (χ0v) is 12.7. The van der Waals surface area contributed by atoms with Crippen LogP contribution in [-0.4, -0.2) is 15.9 Å². The molecule has 5 nitrogen and oxygen atoms in total. The zero-order chi connectivity index (χ0) is 15.6. The topological polar surface area (TPSA) is 74.8 Å². The van der Waals surface area contributed by atoms with Gasteiger partial charge in [-0.25, -0.2) is 4.98 Å². The Morgan fingerprint density at radius 2 is 1.95 bits per heavy atom. The van der Waals surface area contributed by atoms with Crippen molar-refractivity contribution in [3.05, 3.63) is 56.8 Å². The Morgan fingerprint density at radius 3 is 2.62 bits per heavy atom. The Labute approximate surface area is 123 Å². The number of aromatic nitrogens is 2. The number of amides is 1. The highest BCUT2D eigenvalue weighted by Crippen LogP contribution is 2.16. The predicted molar refractivity (Wildman–Crippen MR) is 82.6 cm³/mol. The highest BCUT2D eigenvalue weighted by atomic mass is 16.2. The third kappa shape index (κ3) is 3.56. The second-order valence-electron chi connectivity index (χ2n) is 5.26. The number of H-pyrrole nitrogens is 1. The number of carbonyl (C=O) groups is 1. The summed E-state index contributed by atoms with van der Waals surface area (Å²) in [4.78, 5) is 30.9. The van der Waals surface area contributed by atoms with Crippen molar-refractivity contribution in [1.82, 2.24) is 9.97 Å². The molecule has 0 saturated heterocycles. The van der Waals surface area contributed by atoms with E-state index in [2.05, 4.69) is 15.3 Å². The van der Waals surface area contributed by atoms with E-state index in [0.29, 0.717) is 17.1 Å². The van der Waals surface area contributed by atoms with Crippen molar-refractivity contribution >= 4 is 11.6 Å². The Kier molecular flexibility index (Phi) is 4.21. The van der Waals surface area contributed by atoms with Gasteiger partial charge < -0.3 is 10.3 Å². The van der Waals surface area contributed by atoms with Crippen LogP contribution in [0, 0.1) is 27.7 Å². The highest BCUT2D eigenvalue weighted by Gasteiger charge is 2.12. The van der Waals surface area contributed by atoms with Crippen LogP contribution in [0.4, 0.5) is 5.69 Å². The molecule has 0 saturated carbocycles. The number of rotatable bonds is 3. The van der Waals surface area contributed by atoms with Gasteiger partial charge in [0.1, 0.15) is 5.82 Å². The first-order valence-corrected chi connectivity index (χ1v) is 6.80. The minimum absolute atomic E-state index is 0.0157. The monoisotopic (exact) mass is 285 g/mol. The number of hydrogen-bond acceptors (Lipinski definition) is 3. The summed E-state index contributed by atoms with van der Waals surface area (Å²) in [5.41, 5.74) is 3.57. The SMILES string of the molecule is Cc1ccc(C)c(NC(=O)Cc2c(C)nc(C)[nH]c2=O)c1. The summed E-state index contributed by atoms with van der Waals surface area (Å²) < 4.78 is 0. The molecule has 0 atom stereocenters. The van der Waals surface area contributed by atoms with Gasteiger partial charge in [-0.1, -0.05) is 12.1 Å². The maximum Gasteiger partial charge on any atom is 0.254 e. The van der Waals surface area contributed by atoms with Gasteiger partial charge in [-0.3, -0.25) is 9.59 Å². The fourth-order valence-corrected chi connectivity index (χ4v) is 2.18. The molecular weight excluding hydrogens is 266 g/mol. The maximum atomic E-state index is 12.1. The summed E-state index contributed by atoms with van der Waals surface area (Å²) in [5.74, 6) is 0.333. The van der Waals surface area contributed by atoms with E-state index in [-0.39, 0.29) is 17.9 Å². The number of benzene rings is 1. The van der Waals surface area contributed by atoms with E-state index in [1.54, 1.807) is 13.8 Å². The average Bonchev–Trinajstić information content (AvgIpc) is 2.38. The summed E-state index contributed by atoms with van der Waals surface area (Å²) in [6.45, 7) is 7.35. The van der Waals surface area contributed by atoms with Gasteiger partial charge in [-0.15, -0.1) is 0 Å². The van der Waals surface area contributed by atoms with E-state index in [4.69, 9.17) is 0 Å². The molecule has 0 unspecified atom stereocenters. The van der Waals surface area contributed by atoms with Crippen molar-refractivity contribution in [2.75, 3.05) is 5.32 Å². The minimum atomic E-state index is -0.254. The lowest BCUT2D eigenvalue weighted by atomic mass is 10.1. The molecular formula is C16H19N3O2. The molecule has 5 heteroatoms. The van der Waals surface area contributed by atoms with Crippen molar-refractivity contribution in [3.63, 3.8) is 0 Å². The summed E-state index contributed by atoms with van der Waals surface area (Å²) in [6.07, 6.45) is 0.0157. The van der Waals surface area contributed by atoms with Crippen molar-refractivity contribution < 1.29 is 4.79 Å². The Morgan fingerprint density at radius 1 is 1.24 bits per heavy atom. The molecule has 0 aliphatic carbocycles. The van der Waals surface area contributed by atoms with E-state index < -0.39 is 0 Å².